The Morgan fingerprint density at radius 2 is 1.91 bits per heavy atom. The zero-order valence-corrected chi connectivity index (χ0v) is 14.0. The van der Waals surface area contributed by atoms with E-state index in [1.54, 1.807) is 4.90 Å². The summed E-state index contributed by atoms with van der Waals surface area (Å²) in [5, 5.41) is 4.55. The van der Waals surface area contributed by atoms with Crippen LogP contribution >= 0.6 is 0 Å². The Morgan fingerprint density at radius 1 is 1.23 bits per heavy atom. The van der Waals surface area contributed by atoms with Gasteiger partial charge in [0.25, 0.3) is 5.91 Å². The zero-order chi connectivity index (χ0) is 16.1. The van der Waals surface area contributed by atoms with Crippen LogP contribution in [-0.2, 0) is 26.4 Å². The van der Waals surface area contributed by atoms with Gasteiger partial charge < -0.3 is 4.90 Å². The Balaban J connectivity index is 2.27. The van der Waals surface area contributed by atoms with Gasteiger partial charge in [-0.3, -0.25) is 9.48 Å². The Labute approximate surface area is 132 Å². The van der Waals surface area contributed by atoms with Crippen molar-refractivity contribution in [3.63, 3.8) is 0 Å². The van der Waals surface area contributed by atoms with Crippen LogP contribution in [0.5, 0.6) is 0 Å². The summed E-state index contributed by atoms with van der Waals surface area (Å²) in [7, 11) is 3.78. The van der Waals surface area contributed by atoms with Crippen LogP contribution in [0.4, 0.5) is 0 Å². The smallest absolute Gasteiger partial charge is 0.257 e. The molecule has 4 heteroatoms. The van der Waals surface area contributed by atoms with Crippen molar-refractivity contribution in [1.82, 2.24) is 14.7 Å². The maximum absolute atomic E-state index is 12.9. The molecule has 0 spiro atoms. The molecule has 4 nitrogen and oxygen atoms in total. The minimum Gasteiger partial charge on any atom is -0.337 e. The van der Waals surface area contributed by atoms with Crippen molar-refractivity contribution >= 4 is 5.91 Å². The van der Waals surface area contributed by atoms with Gasteiger partial charge in [-0.05, 0) is 18.4 Å². The number of carbonyl (C=O) groups excluding carboxylic acids is 1. The number of carbonyl (C=O) groups is 1. The minimum atomic E-state index is 0.0669. The lowest BCUT2D eigenvalue weighted by molar-refractivity contribution is 0.0783. The van der Waals surface area contributed by atoms with E-state index in [-0.39, 0.29) is 5.91 Å². The number of hydrogen-bond donors (Lipinski definition) is 0. The predicted octanol–water partition coefficient (Wildman–Crippen LogP) is 3.21. The lowest BCUT2D eigenvalue weighted by Crippen LogP contribution is -2.27. The van der Waals surface area contributed by atoms with E-state index in [0.29, 0.717) is 6.54 Å². The average Bonchev–Trinajstić information content (AvgIpc) is 2.83. The molecule has 0 saturated carbocycles. The van der Waals surface area contributed by atoms with Gasteiger partial charge in [0.2, 0.25) is 0 Å². The van der Waals surface area contributed by atoms with E-state index in [4.69, 9.17) is 0 Å². The topological polar surface area (TPSA) is 38.1 Å². The number of aryl methyl sites for hydroxylation is 2. The van der Waals surface area contributed by atoms with Gasteiger partial charge in [-0.15, -0.1) is 0 Å². The maximum atomic E-state index is 12.9. The van der Waals surface area contributed by atoms with Crippen molar-refractivity contribution < 1.29 is 4.79 Å². The van der Waals surface area contributed by atoms with Crippen LogP contribution < -0.4 is 0 Å². The Morgan fingerprint density at radius 3 is 2.50 bits per heavy atom. The van der Waals surface area contributed by atoms with E-state index in [1.807, 2.05) is 49.1 Å². The van der Waals surface area contributed by atoms with Crippen molar-refractivity contribution in [2.24, 2.45) is 7.05 Å². The standard InChI is InChI=1S/C18H25N3O/c1-5-10-15-17(16(6-2)21(4)19-15)18(22)20(3)13-14-11-8-7-9-12-14/h7-9,11-12H,5-6,10,13H2,1-4H3. The Kier molecular flexibility index (Phi) is 5.36. The predicted molar refractivity (Wildman–Crippen MR) is 88.8 cm³/mol. The average molecular weight is 299 g/mol. The summed E-state index contributed by atoms with van der Waals surface area (Å²) in [5.74, 6) is 0.0669. The van der Waals surface area contributed by atoms with Gasteiger partial charge in [-0.25, -0.2) is 0 Å². The van der Waals surface area contributed by atoms with Gasteiger partial charge in [0, 0.05) is 20.6 Å². The molecule has 0 radical (unpaired) electrons. The molecule has 1 aromatic carbocycles. The first-order valence-corrected chi connectivity index (χ1v) is 7.92. The van der Waals surface area contributed by atoms with E-state index in [2.05, 4.69) is 18.9 Å². The van der Waals surface area contributed by atoms with Gasteiger partial charge in [0.05, 0.1) is 17.0 Å². The number of aromatic nitrogens is 2. The molecule has 0 saturated heterocycles. The first-order valence-electron chi connectivity index (χ1n) is 7.92. The van der Waals surface area contributed by atoms with E-state index >= 15 is 0 Å². The maximum Gasteiger partial charge on any atom is 0.257 e. The van der Waals surface area contributed by atoms with Gasteiger partial charge in [-0.2, -0.15) is 5.10 Å². The highest BCUT2D eigenvalue weighted by molar-refractivity contribution is 5.96. The van der Waals surface area contributed by atoms with Crippen LogP contribution in [0, 0.1) is 0 Å². The van der Waals surface area contributed by atoms with Crippen LogP contribution in [0.15, 0.2) is 30.3 Å². The highest BCUT2D eigenvalue weighted by atomic mass is 16.2. The summed E-state index contributed by atoms with van der Waals surface area (Å²) in [6.07, 6.45) is 2.64. The molecule has 0 aliphatic heterocycles. The lowest BCUT2D eigenvalue weighted by atomic mass is 10.1. The summed E-state index contributed by atoms with van der Waals surface area (Å²) in [6.45, 7) is 4.80. The monoisotopic (exact) mass is 299 g/mol. The minimum absolute atomic E-state index is 0.0669. The van der Waals surface area contributed by atoms with E-state index in [1.165, 1.54) is 0 Å². The van der Waals surface area contributed by atoms with Crippen LogP contribution in [0.3, 0.4) is 0 Å². The van der Waals surface area contributed by atoms with Gasteiger partial charge in [0.1, 0.15) is 0 Å². The molecule has 118 valence electrons. The lowest BCUT2D eigenvalue weighted by Gasteiger charge is -2.18. The molecule has 1 aromatic heterocycles. The number of benzene rings is 1. The molecule has 0 fully saturated rings. The molecule has 2 rings (SSSR count). The molecule has 0 atom stereocenters. The van der Waals surface area contributed by atoms with Crippen LogP contribution in [0.1, 0.15) is 47.6 Å². The molecule has 0 N–H and O–H groups in total. The highest BCUT2D eigenvalue weighted by Crippen LogP contribution is 2.19. The molecule has 0 bridgehead atoms. The quantitative estimate of drug-likeness (QED) is 0.821. The Bertz CT molecular complexity index is 631. The molecule has 1 amide bonds. The fraction of sp³-hybridized carbons (Fsp3) is 0.444. The largest absolute Gasteiger partial charge is 0.337 e. The molecular formula is C18H25N3O. The first kappa shape index (κ1) is 16.3. The third kappa shape index (κ3) is 3.38. The van der Waals surface area contributed by atoms with E-state index in [0.717, 1.165) is 41.8 Å². The van der Waals surface area contributed by atoms with Crippen LogP contribution in [0.25, 0.3) is 0 Å². The third-order valence-corrected chi connectivity index (χ3v) is 3.88. The van der Waals surface area contributed by atoms with E-state index < -0.39 is 0 Å². The number of hydrogen-bond acceptors (Lipinski definition) is 2. The molecule has 0 aliphatic rings. The summed E-state index contributed by atoms with van der Waals surface area (Å²) >= 11 is 0. The van der Waals surface area contributed by atoms with Crippen LogP contribution in [0.2, 0.25) is 0 Å². The van der Waals surface area contributed by atoms with Crippen molar-refractivity contribution in [3.8, 4) is 0 Å². The normalized spacial score (nSPS) is 10.7. The Hall–Kier alpha value is -2.10. The zero-order valence-electron chi connectivity index (χ0n) is 14.0. The molecule has 1 heterocycles. The second-order valence-corrected chi connectivity index (χ2v) is 5.64. The number of rotatable bonds is 6. The molecule has 0 aliphatic carbocycles. The van der Waals surface area contributed by atoms with Crippen molar-refractivity contribution in [2.45, 2.75) is 39.7 Å². The molecule has 0 unspecified atom stereocenters. The molecule has 22 heavy (non-hydrogen) atoms. The summed E-state index contributed by atoms with van der Waals surface area (Å²) in [5.41, 5.74) is 3.88. The van der Waals surface area contributed by atoms with Crippen molar-refractivity contribution in [3.05, 3.63) is 52.8 Å². The third-order valence-electron chi connectivity index (χ3n) is 3.88. The highest BCUT2D eigenvalue weighted by Gasteiger charge is 2.23. The fourth-order valence-corrected chi connectivity index (χ4v) is 2.80. The van der Waals surface area contributed by atoms with E-state index in [9.17, 15) is 4.79 Å². The van der Waals surface area contributed by atoms with Gasteiger partial charge in [0.15, 0.2) is 0 Å². The van der Waals surface area contributed by atoms with Crippen LogP contribution in [-0.4, -0.2) is 27.6 Å². The fourth-order valence-electron chi connectivity index (χ4n) is 2.80. The van der Waals surface area contributed by atoms with Crippen molar-refractivity contribution in [2.75, 3.05) is 7.05 Å². The second kappa shape index (κ2) is 7.25. The first-order chi connectivity index (χ1) is 10.6. The summed E-state index contributed by atoms with van der Waals surface area (Å²) in [4.78, 5) is 14.7. The molecular weight excluding hydrogens is 274 g/mol. The van der Waals surface area contributed by atoms with Gasteiger partial charge >= 0.3 is 0 Å². The second-order valence-electron chi connectivity index (χ2n) is 5.64. The van der Waals surface area contributed by atoms with Gasteiger partial charge in [-0.1, -0.05) is 50.6 Å². The SMILES string of the molecule is CCCc1nn(C)c(CC)c1C(=O)N(C)Cc1ccccc1. The van der Waals surface area contributed by atoms with Crippen molar-refractivity contribution in [1.29, 1.82) is 0 Å². The summed E-state index contributed by atoms with van der Waals surface area (Å²) < 4.78 is 1.86. The summed E-state index contributed by atoms with van der Waals surface area (Å²) in [6, 6.07) is 10.1. The number of amides is 1. The number of nitrogens with zero attached hydrogens (tertiary/aromatic N) is 3. The molecule has 2 aromatic rings.